The highest BCUT2D eigenvalue weighted by atomic mass is 16.7. The summed E-state index contributed by atoms with van der Waals surface area (Å²) in [6.45, 7) is 1.93. The fourth-order valence-electron chi connectivity index (χ4n) is 5.40. The fourth-order valence-corrected chi connectivity index (χ4v) is 5.40. The number of hydroxylamine groups is 2. The van der Waals surface area contributed by atoms with Gasteiger partial charge in [-0.1, -0.05) is 24.3 Å². The van der Waals surface area contributed by atoms with Crippen LogP contribution in [-0.4, -0.2) is 35.9 Å². The molecule has 3 N–H and O–H groups in total. The third-order valence-electron chi connectivity index (χ3n) is 7.27. The van der Waals surface area contributed by atoms with Gasteiger partial charge >= 0.3 is 0 Å². The molecule has 1 fully saturated rings. The summed E-state index contributed by atoms with van der Waals surface area (Å²) < 4.78 is 5.41. The number of hydrogen-bond donors (Lipinski definition) is 2. The minimum Gasteiger partial charge on any atom is -0.497 e. The zero-order chi connectivity index (χ0) is 21.1. The van der Waals surface area contributed by atoms with Gasteiger partial charge in [-0.25, -0.2) is 14.9 Å². The van der Waals surface area contributed by atoms with E-state index in [2.05, 4.69) is 24.3 Å². The first-order chi connectivity index (χ1) is 14.3. The van der Waals surface area contributed by atoms with Gasteiger partial charge in [-0.05, 0) is 73.9 Å². The smallest absolute Gasteiger partial charge is 0.220 e. The Morgan fingerprint density at radius 1 is 1.10 bits per heavy atom. The minimum atomic E-state index is -0.841. The van der Waals surface area contributed by atoms with Gasteiger partial charge in [0.15, 0.2) is 0 Å². The summed E-state index contributed by atoms with van der Waals surface area (Å²) in [7, 11) is 3.49. The number of aliphatic imine (C=N–C) groups is 1. The first kappa shape index (κ1) is 19.4. The van der Waals surface area contributed by atoms with Gasteiger partial charge in [0, 0.05) is 18.0 Å². The summed E-state index contributed by atoms with van der Waals surface area (Å²) in [5, 5.41) is 12.2. The predicted molar refractivity (Wildman–Crippen MR) is 116 cm³/mol. The van der Waals surface area contributed by atoms with E-state index in [4.69, 9.17) is 20.3 Å². The standard InChI is InChI=1S/C24H29N3O3/c1-22(28)9-11-23(12-10-22)15-18-8-7-17(16-5-4-6-19(13-16)29-3)14-20(18)24(23)26-21(25)27(2)30-24/h4-8,13-14,28H,9-12,15H2,1-3H3,(H2,25,26). The van der Waals surface area contributed by atoms with Crippen LogP contribution in [0.25, 0.3) is 11.1 Å². The number of nitrogens with zero attached hydrogens (tertiary/aromatic N) is 2. The first-order valence-corrected chi connectivity index (χ1v) is 10.6. The molecule has 0 saturated heterocycles. The summed E-state index contributed by atoms with van der Waals surface area (Å²) in [5.41, 5.74) is 9.03. The molecule has 2 aromatic rings. The lowest BCUT2D eigenvalue weighted by Gasteiger charge is -2.47. The van der Waals surface area contributed by atoms with Gasteiger partial charge in [0.05, 0.1) is 12.7 Å². The number of fused-ring (bicyclic) bond motifs is 3. The zero-order valence-electron chi connectivity index (χ0n) is 17.8. The van der Waals surface area contributed by atoms with Crippen molar-refractivity contribution in [3.05, 3.63) is 53.6 Å². The molecule has 30 heavy (non-hydrogen) atoms. The van der Waals surface area contributed by atoms with Gasteiger partial charge in [-0.15, -0.1) is 0 Å². The third kappa shape index (κ3) is 2.74. The van der Waals surface area contributed by atoms with Crippen molar-refractivity contribution in [3.8, 4) is 16.9 Å². The Morgan fingerprint density at radius 2 is 1.83 bits per heavy atom. The SMILES string of the molecule is COc1cccc(-c2ccc3c(c2)C2(N=C(N)N(C)O2)C2(CCC(C)(O)CC2)C3)c1. The second-order valence-electron chi connectivity index (χ2n) is 9.26. The first-order valence-electron chi connectivity index (χ1n) is 10.6. The number of methoxy groups -OCH3 is 1. The van der Waals surface area contributed by atoms with Crippen molar-refractivity contribution in [2.75, 3.05) is 14.2 Å². The van der Waals surface area contributed by atoms with Crippen LogP contribution in [0.3, 0.4) is 0 Å². The highest BCUT2D eigenvalue weighted by molar-refractivity contribution is 5.79. The minimum absolute atomic E-state index is 0.208. The Hall–Kier alpha value is -2.57. The Kier molecular flexibility index (Phi) is 4.18. The van der Waals surface area contributed by atoms with Gasteiger partial charge in [0.1, 0.15) is 5.75 Å². The summed E-state index contributed by atoms with van der Waals surface area (Å²) in [4.78, 5) is 11.4. The van der Waals surface area contributed by atoms with Crippen LogP contribution in [0.5, 0.6) is 5.75 Å². The molecule has 2 aliphatic carbocycles. The van der Waals surface area contributed by atoms with Gasteiger partial charge in [0.25, 0.3) is 0 Å². The van der Waals surface area contributed by atoms with E-state index in [1.165, 1.54) is 5.56 Å². The van der Waals surface area contributed by atoms with Crippen LogP contribution >= 0.6 is 0 Å². The maximum Gasteiger partial charge on any atom is 0.220 e. The normalized spacial score (nSPS) is 32.5. The Morgan fingerprint density at radius 3 is 2.50 bits per heavy atom. The van der Waals surface area contributed by atoms with Crippen molar-refractivity contribution >= 4 is 5.96 Å². The van der Waals surface area contributed by atoms with E-state index in [0.717, 1.165) is 54.5 Å². The van der Waals surface area contributed by atoms with Crippen LogP contribution in [0.2, 0.25) is 0 Å². The van der Waals surface area contributed by atoms with E-state index in [-0.39, 0.29) is 5.41 Å². The van der Waals surface area contributed by atoms with E-state index < -0.39 is 11.3 Å². The number of guanidine groups is 1. The number of benzene rings is 2. The molecule has 0 amide bonds. The Bertz CT molecular complexity index is 1020. The van der Waals surface area contributed by atoms with Crippen LogP contribution in [-0.2, 0) is 17.0 Å². The lowest BCUT2D eigenvalue weighted by Crippen LogP contribution is -2.48. The molecule has 6 nitrogen and oxygen atoms in total. The summed E-state index contributed by atoms with van der Waals surface area (Å²) in [6.07, 6.45) is 4.02. The highest BCUT2D eigenvalue weighted by Gasteiger charge is 2.64. The van der Waals surface area contributed by atoms with Gasteiger partial charge in [-0.3, -0.25) is 0 Å². The number of rotatable bonds is 2. The number of ether oxygens (including phenoxy) is 1. The maximum atomic E-state index is 10.6. The average Bonchev–Trinajstić information content (AvgIpc) is 3.18. The largest absolute Gasteiger partial charge is 0.497 e. The predicted octanol–water partition coefficient (Wildman–Crippen LogP) is 3.57. The van der Waals surface area contributed by atoms with Crippen LogP contribution in [0, 0.1) is 5.41 Å². The fraction of sp³-hybridized carbons (Fsp3) is 0.458. The molecule has 3 aliphatic rings. The number of hydrogen-bond acceptors (Lipinski definition) is 6. The maximum absolute atomic E-state index is 10.6. The quantitative estimate of drug-likeness (QED) is 0.795. The second kappa shape index (κ2) is 6.46. The van der Waals surface area contributed by atoms with Crippen molar-refractivity contribution in [2.45, 2.75) is 50.4 Å². The number of aliphatic hydroxyl groups is 1. The Labute approximate surface area is 177 Å². The molecular formula is C24H29N3O3. The van der Waals surface area contributed by atoms with Crippen molar-refractivity contribution in [3.63, 3.8) is 0 Å². The van der Waals surface area contributed by atoms with E-state index >= 15 is 0 Å². The highest BCUT2D eigenvalue weighted by Crippen LogP contribution is 2.62. The molecule has 1 atom stereocenters. The molecule has 6 heteroatoms. The lowest BCUT2D eigenvalue weighted by atomic mass is 9.64. The third-order valence-corrected chi connectivity index (χ3v) is 7.27. The molecule has 1 unspecified atom stereocenters. The number of nitrogens with two attached hydrogens (primary N) is 1. The van der Waals surface area contributed by atoms with E-state index in [0.29, 0.717) is 5.96 Å². The second-order valence-corrected chi connectivity index (χ2v) is 9.26. The molecule has 1 saturated carbocycles. The Balaban J connectivity index is 1.63. The van der Waals surface area contributed by atoms with Crippen molar-refractivity contribution < 1.29 is 14.7 Å². The topological polar surface area (TPSA) is 80.3 Å². The van der Waals surface area contributed by atoms with E-state index in [9.17, 15) is 5.11 Å². The molecule has 5 rings (SSSR count). The van der Waals surface area contributed by atoms with Gasteiger partial charge in [0.2, 0.25) is 11.7 Å². The molecule has 1 heterocycles. The molecule has 158 valence electrons. The van der Waals surface area contributed by atoms with Crippen LogP contribution in [0.4, 0.5) is 0 Å². The molecule has 2 aromatic carbocycles. The van der Waals surface area contributed by atoms with E-state index in [1.807, 2.05) is 32.2 Å². The van der Waals surface area contributed by atoms with Crippen molar-refractivity contribution in [1.82, 2.24) is 5.06 Å². The zero-order valence-corrected chi connectivity index (χ0v) is 17.8. The summed E-state index contributed by atoms with van der Waals surface area (Å²) >= 11 is 0. The summed E-state index contributed by atoms with van der Waals surface area (Å²) in [5.74, 6) is 1.22. The van der Waals surface area contributed by atoms with Gasteiger partial charge in [-0.2, -0.15) is 0 Å². The lowest BCUT2D eigenvalue weighted by molar-refractivity contribution is -0.235. The van der Waals surface area contributed by atoms with Gasteiger partial charge < -0.3 is 15.6 Å². The van der Waals surface area contributed by atoms with Crippen molar-refractivity contribution in [1.29, 1.82) is 0 Å². The van der Waals surface area contributed by atoms with Crippen LogP contribution in [0.15, 0.2) is 47.5 Å². The van der Waals surface area contributed by atoms with Crippen LogP contribution < -0.4 is 10.5 Å². The molecule has 0 radical (unpaired) electrons. The van der Waals surface area contributed by atoms with Crippen LogP contribution in [0.1, 0.15) is 43.7 Å². The molecule has 2 spiro atoms. The van der Waals surface area contributed by atoms with E-state index in [1.54, 1.807) is 12.2 Å². The molecular weight excluding hydrogens is 378 g/mol. The molecule has 1 aliphatic heterocycles. The summed E-state index contributed by atoms with van der Waals surface area (Å²) in [6, 6.07) is 14.6. The van der Waals surface area contributed by atoms with Crippen molar-refractivity contribution in [2.24, 2.45) is 16.1 Å². The molecule has 0 bridgehead atoms. The molecule has 0 aromatic heterocycles. The monoisotopic (exact) mass is 407 g/mol. The average molecular weight is 408 g/mol.